The summed E-state index contributed by atoms with van der Waals surface area (Å²) in [6.45, 7) is 0. The summed E-state index contributed by atoms with van der Waals surface area (Å²) in [6, 6.07) is 8.27. The van der Waals surface area contributed by atoms with Gasteiger partial charge in [-0.2, -0.15) is 0 Å². The van der Waals surface area contributed by atoms with Crippen LogP contribution < -0.4 is 0 Å². The van der Waals surface area contributed by atoms with Gasteiger partial charge in [-0.1, -0.05) is 36.4 Å². The minimum absolute atomic E-state index is 0.901. The van der Waals surface area contributed by atoms with Gasteiger partial charge in [0, 0.05) is 30.0 Å². The molecule has 1 aromatic rings. The number of aliphatic imine (C=N–C) groups is 2. The molecule has 19 heavy (non-hydrogen) atoms. The van der Waals surface area contributed by atoms with Crippen LogP contribution in [0.5, 0.6) is 0 Å². The fourth-order valence-electron chi connectivity index (χ4n) is 2.65. The number of allylic oxidation sites excluding steroid dienone is 7. The van der Waals surface area contributed by atoms with Crippen molar-refractivity contribution in [1.29, 1.82) is 0 Å². The third kappa shape index (κ3) is 1.65. The van der Waals surface area contributed by atoms with E-state index in [1.165, 1.54) is 22.3 Å². The Bertz CT molecular complexity index is 740. The summed E-state index contributed by atoms with van der Waals surface area (Å²) in [5.41, 5.74) is 7.01. The van der Waals surface area contributed by atoms with Crippen LogP contribution in [0.3, 0.4) is 0 Å². The number of rotatable bonds is 0. The van der Waals surface area contributed by atoms with Crippen molar-refractivity contribution in [3.05, 3.63) is 71.5 Å². The molecule has 0 fully saturated rings. The maximum absolute atomic E-state index is 4.79. The Morgan fingerprint density at radius 1 is 1.05 bits per heavy atom. The van der Waals surface area contributed by atoms with Crippen LogP contribution in [-0.2, 0) is 0 Å². The van der Waals surface area contributed by atoms with Gasteiger partial charge in [0.2, 0.25) is 0 Å². The highest BCUT2D eigenvalue weighted by atomic mass is 14.8. The second kappa shape index (κ2) is 4.02. The molecule has 0 aromatic heterocycles. The van der Waals surface area contributed by atoms with Gasteiger partial charge in [-0.15, -0.1) is 0 Å². The lowest BCUT2D eigenvalue weighted by Crippen LogP contribution is -2.04. The van der Waals surface area contributed by atoms with E-state index in [1.807, 2.05) is 18.5 Å². The van der Waals surface area contributed by atoms with E-state index in [1.54, 1.807) is 0 Å². The standard InChI is InChI=1S/C17H12N2/c1-2-7-16-14(6-1)15-8-9-18-11-12-4-3-5-13(10-12)17(15)19-16/h1-9,11H,10H2/b9-8?,12-11+,15-8-,17-13?,18-9-,18-11?. The monoisotopic (exact) mass is 244 g/mol. The van der Waals surface area contributed by atoms with Crippen LogP contribution in [-0.4, -0.2) is 11.9 Å². The largest absolute Gasteiger partial charge is 0.264 e. The first kappa shape index (κ1) is 10.4. The van der Waals surface area contributed by atoms with Gasteiger partial charge in [-0.3, -0.25) is 4.99 Å². The molecule has 0 radical (unpaired) electrons. The number of hydrogen-bond acceptors (Lipinski definition) is 2. The first-order valence-electron chi connectivity index (χ1n) is 6.40. The zero-order valence-corrected chi connectivity index (χ0v) is 10.4. The Kier molecular flexibility index (Phi) is 2.21. The number of benzene rings is 1. The van der Waals surface area contributed by atoms with Gasteiger partial charge in [0.15, 0.2) is 0 Å². The third-order valence-corrected chi connectivity index (χ3v) is 3.56. The Morgan fingerprint density at radius 3 is 3.00 bits per heavy atom. The van der Waals surface area contributed by atoms with E-state index in [4.69, 9.17) is 4.99 Å². The predicted octanol–water partition coefficient (Wildman–Crippen LogP) is 4.01. The molecular formula is C17H12N2. The Balaban J connectivity index is 1.96. The van der Waals surface area contributed by atoms with Gasteiger partial charge in [-0.05, 0) is 23.3 Å². The number of nitrogens with zero attached hydrogens (tertiary/aromatic N) is 2. The second-order valence-electron chi connectivity index (χ2n) is 4.79. The summed E-state index contributed by atoms with van der Waals surface area (Å²) < 4.78 is 0. The van der Waals surface area contributed by atoms with Crippen molar-refractivity contribution >= 4 is 23.2 Å². The van der Waals surface area contributed by atoms with Crippen LogP contribution in [0.1, 0.15) is 12.0 Å². The van der Waals surface area contributed by atoms with E-state index in [9.17, 15) is 0 Å². The van der Waals surface area contributed by atoms with Crippen molar-refractivity contribution in [3.8, 4) is 0 Å². The van der Waals surface area contributed by atoms with Crippen molar-refractivity contribution in [1.82, 2.24) is 0 Å². The zero-order valence-electron chi connectivity index (χ0n) is 10.4. The summed E-state index contributed by atoms with van der Waals surface area (Å²) in [7, 11) is 0. The lowest BCUT2D eigenvalue weighted by molar-refractivity contribution is 1.19. The van der Waals surface area contributed by atoms with Crippen LogP contribution in [0, 0.1) is 0 Å². The predicted molar refractivity (Wildman–Crippen MR) is 79.9 cm³/mol. The fraction of sp³-hybridized carbons (Fsp3) is 0.0588. The van der Waals surface area contributed by atoms with E-state index in [0.717, 1.165) is 17.8 Å². The Morgan fingerprint density at radius 2 is 2.00 bits per heavy atom. The highest BCUT2D eigenvalue weighted by Crippen LogP contribution is 2.38. The van der Waals surface area contributed by atoms with E-state index < -0.39 is 0 Å². The Labute approximate surface area is 111 Å². The van der Waals surface area contributed by atoms with E-state index in [-0.39, 0.29) is 0 Å². The van der Waals surface area contributed by atoms with Gasteiger partial charge in [0.25, 0.3) is 0 Å². The highest BCUT2D eigenvalue weighted by molar-refractivity contribution is 6.37. The molecule has 1 aromatic carbocycles. The summed E-state index contributed by atoms with van der Waals surface area (Å²) >= 11 is 0. The maximum Gasteiger partial charge on any atom is 0.0752 e. The SMILES string of the molecule is C1=C\C2=C/N=C\C=C3/C(=Nc4ccccc43)C(=C1)C2. The average molecular weight is 244 g/mol. The molecule has 1 aliphatic carbocycles. The van der Waals surface area contributed by atoms with Crippen molar-refractivity contribution in [3.63, 3.8) is 0 Å². The fourth-order valence-corrected chi connectivity index (χ4v) is 2.65. The molecule has 90 valence electrons. The smallest absolute Gasteiger partial charge is 0.0752 e. The Hall–Kier alpha value is -2.48. The summed E-state index contributed by atoms with van der Waals surface area (Å²) in [5.74, 6) is 0. The zero-order chi connectivity index (χ0) is 12.7. The lowest BCUT2D eigenvalue weighted by atomic mass is 9.91. The average Bonchev–Trinajstić information content (AvgIpc) is 2.83. The van der Waals surface area contributed by atoms with Crippen LogP contribution in [0.15, 0.2) is 75.9 Å². The maximum atomic E-state index is 4.79. The van der Waals surface area contributed by atoms with Gasteiger partial charge >= 0.3 is 0 Å². The normalized spacial score (nSPS) is 26.3. The molecule has 2 bridgehead atoms. The topological polar surface area (TPSA) is 24.7 Å². The molecule has 0 saturated carbocycles. The molecule has 3 aliphatic rings. The number of para-hydroxylation sites is 1. The molecule has 0 spiro atoms. The minimum Gasteiger partial charge on any atom is -0.264 e. The molecule has 0 unspecified atom stereocenters. The van der Waals surface area contributed by atoms with Crippen molar-refractivity contribution in [2.75, 3.05) is 0 Å². The molecule has 2 heterocycles. The summed E-state index contributed by atoms with van der Waals surface area (Å²) in [6.07, 6.45) is 13.1. The molecular weight excluding hydrogens is 232 g/mol. The lowest BCUT2D eigenvalue weighted by Gasteiger charge is -2.12. The van der Waals surface area contributed by atoms with Gasteiger partial charge in [0.1, 0.15) is 0 Å². The van der Waals surface area contributed by atoms with E-state index in [0.29, 0.717) is 0 Å². The van der Waals surface area contributed by atoms with Gasteiger partial charge in [-0.25, -0.2) is 4.99 Å². The minimum atomic E-state index is 0.901. The summed E-state index contributed by atoms with van der Waals surface area (Å²) in [4.78, 5) is 9.14. The van der Waals surface area contributed by atoms with Crippen LogP contribution in [0.2, 0.25) is 0 Å². The third-order valence-electron chi connectivity index (χ3n) is 3.56. The molecule has 0 N–H and O–H groups in total. The first-order valence-corrected chi connectivity index (χ1v) is 6.40. The molecule has 2 nitrogen and oxygen atoms in total. The van der Waals surface area contributed by atoms with E-state index >= 15 is 0 Å². The van der Waals surface area contributed by atoms with Gasteiger partial charge in [0.05, 0.1) is 11.4 Å². The van der Waals surface area contributed by atoms with Crippen LogP contribution >= 0.6 is 0 Å². The molecule has 2 aliphatic heterocycles. The molecule has 2 heteroatoms. The summed E-state index contributed by atoms with van der Waals surface area (Å²) in [5, 5.41) is 0. The number of fused-ring (bicyclic) bond motifs is 6. The number of hydrogen-bond donors (Lipinski definition) is 0. The van der Waals surface area contributed by atoms with Crippen molar-refractivity contribution < 1.29 is 0 Å². The van der Waals surface area contributed by atoms with Gasteiger partial charge < -0.3 is 0 Å². The molecule has 0 amide bonds. The van der Waals surface area contributed by atoms with Crippen LogP contribution in [0.25, 0.3) is 5.57 Å². The quantitative estimate of drug-likeness (QED) is 0.658. The van der Waals surface area contributed by atoms with Crippen molar-refractivity contribution in [2.45, 2.75) is 6.42 Å². The highest BCUT2D eigenvalue weighted by Gasteiger charge is 2.24. The van der Waals surface area contributed by atoms with E-state index in [2.05, 4.69) is 47.5 Å². The second-order valence-corrected chi connectivity index (χ2v) is 4.79. The molecule has 4 rings (SSSR count). The molecule has 0 saturated heterocycles. The first-order chi connectivity index (χ1) is 9.42. The van der Waals surface area contributed by atoms with Crippen LogP contribution in [0.4, 0.5) is 5.69 Å². The van der Waals surface area contributed by atoms with Crippen molar-refractivity contribution in [2.24, 2.45) is 9.98 Å². The molecule has 0 atom stereocenters.